The lowest BCUT2D eigenvalue weighted by molar-refractivity contribution is -0.139. The molecule has 2 aromatic rings. The molecule has 0 saturated heterocycles. The fraction of sp³-hybridized carbons (Fsp3) is 0.286. The third-order valence-corrected chi connectivity index (χ3v) is 3.74. The molecule has 0 saturated carbocycles. The first kappa shape index (κ1) is 17.8. The molecule has 0 aromatic heterocycles. The minimum absolute atomic E-state index is 0.121. The molecule has 24 heavy (non-hydrogen) atoms. The topological polar surface area (TPSA) is 49.3 Å². The second-order valence-corrected chi connectivity index (χ2v) is 6.57. The Kier molecular flexibility index (Phi) is 6.17. The van der Waals surface area contributed by atoms with E-state index in [9.17, 15) is 9.90 Å². The van der Waals surface area contributed by atoms with Gasteiger partial charge in [0.05, 0.1) is 0 Å². The van der Waals surface area contributed by atoms with Gasteiger partial charge >= 0.3 is 5.97 Å². The van der Waals surface area contributed by atoms with Crippen LogP contribution in [-0.4, -0.2) is 17.6 Å². The van der Waals surface area contributed by atoms with Crippen LogP contribution in [0.15, 0.2) is 60.7 Å². The van der Waals surface area contributed by atoms with Gasteiger partial charge in [0.25, 0.3) is 0 Å². The van der Waals surface area contributed by atoms with Gasteiger partial charge < -0.3 is 10.4 Å². The fourth-order valence-corrected chi connectivity index (χ4v) is 2.34. The van der Waals surface area contributed by atoms with Crippen LogP contribution < -0.4 is 5.32 Å². The van der Waals surface area contributed by atoms with E-state index in [1.807, 2.05) is 60.7 Å². The lowest BCUT2D eigenvalue weighted by Crippen LogP contribution is -2.36. The Morgan fingerprint density at radius 3 is 2.25 bits per heavy atom. The van der Waals surface area contributed by atoms with Crippen LogP contribution in [0.4, 0.5) is 0 Å². The van der Waals surface area contributed by atoms with Crippen LogP contribution in [0.25, 0.3) is 0 Å². The van der Waals surface area contributed by atoms with Gasteiger partial charge in [0.2, 0.25) is 0 Å². The summed E-state index contributed by atoms with van der Waals surface area (Å²) in [7, 11) is 0. The summed E-state index contributed by atoms with van der Waals surface area (Å²) in [4.78, 5) is 11.5. The van der Waals surface area contributed by atoms with Gasteiger partial charge in [-0.3, -0.25) is 4.79 Å². The highest BCUT2D eigenvalue weighted by atomic mass is 16.4. The third-order valence-electron chi connectivity index (χ3n) is 3.74. The van der Waals surface area contributed by atoms with E-state index < -0.39 is 12.0 Å². The van der Waals surface area contributed by atoms with Gasteiger partial charge in [0.15, 0.2) is 0 Å². The Hall–Kier alpha value is -2.57. The van der Waals surface area contributed by atoms with E-state index in [-0.39, 0.29) is 5.41 Å². The Bertz CT molecular complexity index is 712. The maximum atomic E-state index is 11.5. The second kappa shape index (κ2) is 8.33. The van der Waals surface area contributed by atoms with Gasteiger partial charge in [-0.05, 0) is 23.1 Å². The number of hydrogen-bond acceptors (Lipinski definition) is 2. The number of benzene rings is 2. The summed E-state index contributed by atoms with van der Waals surface area (Å²) >= 11 is 0. The number of carbonyl (C=O) groups is 1. The first-order valence-electron chi connectivity index (χ1n) is 8.03. The van der Waals surface area contributed by atoms with Crippen molar-refractivity contribution in [2.75, 3.05) is 6.54 Å². The summed E-state index contributed by atoms with van der Waals surface area (Å²) in [6.45, 7) is 4.75. The number of nitrogens with one attached hydrogen (secondary N) is 1. The highest BCUT2D eigenvalue weighted by molar-refractivity contribution is 5.75. The molecule has 0 heterocycles. The fourth-order valence-electron chi connectivity index (χ4n) is 2.34. The van der Waals surface area contributed by atoms with Gasteiger partial charge in [-0.2, -0.15) is 0 Å². The third kappa shape index (κ3) is 5.57. The van der Waals surface area contributed by atoms with E-state index in [1.165, 1.54) is 0 Å². The summed E-state index contributed by atoms with van der Waals surface area (Å²) in [6, 6.07) is 18.4. The maximum absolute atomic E-state index is 11.5. The van der Waals surface area contributed by atoms with Gasteiger partial charge in [0, 0.05) is 18.5 Å². The summed E-state index contributed by atoms with van der Waals surface area (Å²) in [5.41, 5.74) is 1.63. The normalized spacial score (nSPS) is 12.1. The van der Waals surface area contributed by atoms with Crippen LogP contribution in [0.1, 0.15) is 37.4 Å². The largest absolute Gasteiger partial charge is 0.480 e. The predicted octanol–water partition coefficient (Wildman–Crippen LogP) is 3.87. The molecule has 0 amide bonds. The van der Waals surface area contributed by atoms with Crippen molar-refractivity contribution in [3.63, 3.8) is 0 Å². The minimum Gasteiger partial charge on any atom is -0.480 e. The number of carboxylic acids is 1. The predicted molar refractivity (Wildman–Crippen MR) is 96.5 cm³/mol. The van der Waals surface area contributed by atoms with Crippen LogP contribution in [-0.2, 0) is 4.79 Å². The van der Waals surface area contributed by atoms with Crippen LogP contribution in [0, 0.1) is 17.3 Å². The highest BCUT2D eigenvalue weighted by Gasteiger charge is 2.23. The number of carboxylic acid groups (broad SMARTS) is 1. The van der Waals surface area contributed by atoms with Crippen molar-refractivity contribution in [3.8, 4) is 11.8 Å². The van der Waals surface area contributed by atoms with E-state index in [4.69, 9.17) is 0 Å². The Labute approximate surface area is 143 Å². The first-order chi connectivity index (χ1) is 11.5. The zero-order valence-electron chi connectivity index (χ0n) is 14.1. The molecule has 3 heteroatoms. The lowest BCUT2D eigenvalue weighted by Gasteiger charge is -2.25. The Morgan fingerprint density at radius 1 is 1.08 bits per heavy atom. The van der Waals surface area contributed by atoms with Crippen molar-refractivity contribution >= 4 is 5.97 Å². The standard InChI is InChI=1S/C21H23NO2/c1-21(2,15-9-12-17-10-5-3-6-11-17)16-22-19(20(23)24)18-13-7-4-8-14-18/h3-8,10-11,13-14,19,22H,15-16H2,1-2H3,(H,23,24). The Morgan fingerprint density at radius 2 is 1.67 bits per heavy atom. The zero-order valence-corrected chi connectivity index (χ0v) is 14.1. The van der Waals surface area contributed by atoms with E-state index >= 15 is 0 Å². The molecule has 0 bridgehead atoms. The highest BCUT2D eigenvalue weighted by Crippen LogP contribution is 2.21. The van der Waals surface area contributed by atoms with Crippen LogP contribution >= 0.6 is 0 Å². The van der Waals surface area contributed by atoms with E-state index in [2.05, 4.69) is 31.0 Å². The van der Waals surface area contributed by atoms with Gasteiger partial charge in [-0.25, -0.2) is 0 Å². The molecular formula is C21H23NO2. The molecule has 0 fully saturated rings. The molecule has 0 radical (unpaired) electrons. The van der Waals surface area contributed by atoms with Gasteiger partial charge in [-0.15, -0.1) is 0 Å². The molecular weight excluding hydrogens is 298 g/mol. The van der Waals surface area contributed by atoms with E-state index in [0.29, 0.717) is 13.0 Å². The molecule has 3 nitrogen and oxygen atoms in total. The van der Waals surface area contributed by atoms with Crippen molar-refractivity contribution in [3.05, 3.63) is 71.8 Å². The minimum atomic E-state index is -0.868. The van der Waals surface area contributed by atoms with Crippen molar-refractivity contribution < 1.29 is 9.90 Å². The molecule has 2 rings (SSSR count). The van der Waals surface area contributed by atoms with Crippen LogP contribution in [0.3, 0.4) is 0 Å². The van der Waals surface area contributed by atoms with Crippen LogP contribution in [0.2, 0.25) is 0 Å². The van der Waals surface area contributed by atoms with Gasteiger partial charge in [0.1, 0.15) is 6.04 Å². The number of hydrogen-bond donors (Lipinski definition) is 2. The molecule has 1 unspecified atom stereocenters. The lowest BCUT2D eigenvalue weighted by atomic mass is 9.89. The zero-order chi connectivity index (χ0) is 17.4. The molecule has 2 N–H and O–H groups in total. The average Bonchev–Trinajstić information content (AvgIpc) is 2.56. The summed E-state index contributed by atoms with van der Waals surface area (Å²) < 4.78 is 0. The molecule has 2 aromatic carbocycles. The quantitative estimate of drug-likeness (QED) is 0.794. The van der Waals surface area contributed by atoms with Crippen molar-refractivity contribution in [2.45, 2.75) is 26.3 Å². The molecule has 0 aliphatic heterocycles. The number of rotatable bonds is 6. The van der Waals surface area contributed by atoms with E-state index in [0.717, 1.165) is 11.1 Å². The van der Waals surface area contributed by atoms with Crippen molar-refractivity contribution in [1.29, 1.82) is 0 Å². The summed E-state index contributed by atoms with van der Waals surface area (Å²) in [5, 5.41) is 12.6. The SMILES string of the molecule is CC(C)(CC#Cc1ccccc1)CNC(C(=O)O)c1ccccc1. The molecule has 0 spiro atoms. The maximum Gasteiger partial charge on any atom is 0.325 e. The number of aliphatic carboxylic acids is 1. The first-order valence-corrected chi connectivity index (χ1v) is 8.03. The van der Waals surface area contributed by atoms with Crippen molar-refractivity contribution in [1.82, 2.24) is 5.32 Å². The average molecular weight is 321 g/mol. The molecule has 0 aliphatic rings. The summed E-state index contributed by atoms with van der Waals surface area (Å²) in [5.74, 6) is 5.48. The second-order valence-electron chi connectivity index (χ2n) is 6.57. The summed E-state index contributed by atoms with van der Waals surface area (Å²) in [6.07, 6.45) is 0.690. The smallest absolute Gasteiger partial charge is 0.325 e. The van der Waals surface area contributed by atoms with Crippen LogP contribution in [0.5, 0.6) is 0 Å². The van der Waals surface area contributed by atoms with Crippen molar-refractivity contribution in [2.24, 2.45) is 5.41 Å². The monoisotopic (exact) mass is 321 g/mol. The molecule has 0 aliphatic carbocycles. The van der Waals surface area contributed by atoms with Gasteiger partial charge in [-0.1, -0.05) is 74.2 Å². The molecule has 1 atom stereocenters. The van der Waals surface area contributed by atoms with E-state index in [1.54, 1.807) is 0 Å². The molecule has 124 valence electrons. The Balaban J connectivity index is 1.95.